The van der Waals surface area contributed by atoms with Crippen LogP contribution in [0.4, 0.5) is 0 Å². The number of hydrogen-bond donors (Lipinski definition) is 1. The Labute approximate surface area is 150 Å². The number of fused-ring (bicyclic) bond motifs is 1. The van der Waals surface area contributed by atoms with Crippen LogP contribution in [0.5, 0.6) is 0 Å². The van der Waals surface area contributed by atoms with E-state index in [1.54, 1.807) is 6.20 Å². The smallest absolute Gasteiger partial charge is 0.280 e. The average molecular weight is 353 g/mol. The lowest BCUT2D eigenvalue weighted by molar-refractivity contribution is 0.0513. The number of aromatic nitrogens is 2. The van der Waals surface area contributed by atoms with Gasteiger partial charge in [-0.05, 0) is 42.5 Å². The van der Waals surface area contributed by atoms with Crippen LogP contribution in [0.1, 0.15) is 34.2 Å². The second kappa shape index (κ2) is 7.29. The van der Waals surface area contributed by atoms with Gasteiger partial charge in [-0.3, -0.25) is 9.78 Å². The topological polar surface area (TPSA) is 64.1 Å². The fourth-order valence-corrected chi connectivity index (χ4v) is 4.12. The van der Waals surface area contributed by atoms with E-state index in [1.165, 1.54) is 11.3 Å². The number of benzene rings is 1. The highest BCUT2D eigenvalue weighted by Gasteiger charge is 2.28. The lowest BCUT2D eigenvalue weighted by atomic mass is 9.87. The van der Waals surface area contributed by atoms with E-state index in [-0.39, 0.29) is 11.9 Å². The summed E-state index contributed by atoms with van der Waals surface area (Å²) in [7, 11) is 0. The fraction of sp³-hybridized carbons (Fsp3) is 0.316. The molecule has 1 atom stereocenters. The van der Waals surface area contributed by atoms with Crippen molar-refractivity contribution < 1.29 is 9.53 Å². The van der Waals surface area contributed by atoms with Crippen molar-refractivity contribution in [2.24, 2.45) is 5.92 Å². The third-order valence-electron chi connectivity index (χ3n) is 4.56. The molecule has 0 saturated carbocycles. The van der Waals surface area contributed by atoms with E-state index >= 15 is 0 Å². The first kappa shape index (κ1) is 16.2. The molecule has 25 heavy (non-hydrogen) atoms. The zero-order chi connectivity index (χ0) is 17.1. The standard InChI is InChI=1S/C19H19N3O2S/c23-18(19-21-15-5-1-2-6-16(15)25-19)22-17(13-7-10-24-11-8-13)14-4-3-9-20-12-14/h1-6,9,12-13,17H,7-8,10-11H2,(H,22,23). The molecule has 4 rings (SSSR count). The summed E-state index contributed by atoms with van der Waals surface area (Å²) in [5.41, 5.74) is 1.89. The van der Waals surface area contributed by atoms with Gasteiger partial charge in [0.15, 0.2) is 5.01 Å². The van der Waals surface area contributed by atoms with Crippen molar-refractivity contribution in [2.45, 2.75) is 18.9 Å². The van der Waals surface area contributed by atoms with E-state index in [1.807, 2.05) is 42.6 Å². The summed E-state index contributed by atoms with van der Waals surface area (Å²) < 4.78 is 6.50. The van der Waals surface area contributed by atoms with Crippen molar-refractivity contribution in [1.29, 1.82) is 0 Å². The predicted octanol–water partition coefficient (Wildman–Crippen LogP) is 3.59. The molecule has 6 heteroatoms. The molecule has 0 bridgehead atoms. The van der Waals surface area contributed by atoms with Crippen molar-refractivity contribution in [3.05, 3.63) is 59.4 Å². The quantitative estimate of drug-likeness (QED) is 0.778. The van der Waals surface area contributed by atoms with Crippen molar-refractivity contribution in [1.82, 2.24) is 15.3 Å². The van der Waals surface area contributed by atoms with Gasteiger partial charge in [-0.15, -0.1) is 11.3 Å². The summed E-state index contributed by atoms with van der Waals surface area (Å²) in [5, 5.41) is 3.70. The van der Waals surface area contributed by atoms with Crippen LogP contribution in [0.15, 0.2) is 48.8 Å². The number of nitrogens with zero attached hydrogens (tertiary/aromatic N) is 2. The number of thiazole rings is 1. The largest absolute Gasteiger partial charge is 0.381 e. The third kappa shape index (κ3) is 3.55. The summed E-state index contributed by atoms with van der Waals surface area (Å²) >= 11 is 1.43. The molecule has 1 unspecified atom stereocenters. The molecule has 1 fully saturated rings. The molecule has 2 aromatic heterocycles. The number of para-hydroxylation sites is 1. The molecule has 1 N–H and O–H groups in total. The van der Waals surface area contributed by atoms with Crippen molar-refractivity contribution in [2.75, 3.05) is 13.2 Å². The molecule has 5 nitrogen and oxygen atoms in total. The van der Waals surface area contributed by atoms with Gasteiger partial charge in [0.2, 0.25) is 0 Å². The predicted molar refractivity (Wildman–Crippen MR) is 97.6 cm³/mol. The van der Waals surface area contributed by atoms with E-state index in [9.17, 15) is 4.79 Å². The van der Waals surface area contributed by atoms with Crippen LogP contribution in [0, 0.1) is 5.92 Å². The van der Waals surface area contributed by atoms with Crippen molar-refractivity contribution >= 4 is 27.5 Å². The summed E-state index contributed by atoms with van der Waals surface area (Å²) in [4.78, 5) is 21.5. The second-order valence-corrected chi connectivity index (χ2v) is 7.20. The number of carbonyl (C=O) groups is 1. The maximum Gasteiger partial charge on any atom is 0.280 e. The molecular weight excluding hydrogens is 334 g/mol. The summed E-state index contributed by atoms with van der Waals surface area (Å²) in [6.45, 7) is 1.47. The Bertz CT molecular complexity index is 826. The Morgan fingerprint density at radius 3 is 2.80 bits per heavy atom. The van der Waals surface area contributed by atoms with Gasteiger partial charge in [0.1, 0.15) is 0 Å². The second-order valence-electron chi connectivity index (χ2n) is 6.17. The first-order valence-corrected chi connectivity index (χ1v) is 9.27. The molecule has 1 aliphatic heterocycles. The molecule has 0 radical (unpaired) electrons. The lowest BCUT2D eigenvalue weighted by Crippen LogP contribution is -2.36. The first-order valence-electron chi connectivity index (χ1n) is 8.45. The zero-order valence-electron chi connectivity index (χ0n) is 13.7. The lowest BCUT2D eigenvalue weighted by Gasteiger charge is -2.30. The first-order chi connectivity index (χ1) is 12.3. The molecule has 1 saturated heterocycles. The Balaban J connectivity index is 1.59. The Morgan fingerprint density at radius 2 is 2.04 bits per heavy atom. The molecule has 0 aliphatic carbocycles. The van der Waals surface area contributed by atoms with Crippen molar-refractivity contribution in [3.63, 3.8) is 0 Å². The molecule has 1 amide bonds. The minimum absolute atomic E-state index is 0.0721. The highest BCUT2D eigenvalue weighted by atomic mass is 32.1. The summed E-state index contributed by atoms with van der Waals surface area (Å²) in [6.07, 6.45) is 5.44. The van der Waals surface area contributed by atoms with Gasteiger partial charge in [-0.25, -0.2) is 4.98 Å². The number of nitrogens with one attached hydrogen (secondary N) is 1. The maximum atomic E-state index is 12.8. The van der Waals surface area contributed by atoms with Gasteiger partial charge in [0.25, 0.3) is 5.91 Å². The van der Waals surface area contributed by atoms with E-state index in [4.69, 9.17) is 4.74 Å². The Morgan fingerprint density at radius 1 is 1.20 bits per heavy atom. The molecule has 1 aromatic carbocycles. The van der Waals surface area contributed by atoms with Gasteiger partial charge in [0, 0.05) is 25.6 Å². The van der Waals surface area contributed by atoms with Crippen molar-refractivity contribution in [3.8, 4) is 0 Å². The highest BCUT2D eigenvalue weighted by Crippen LogP contribution is 2.30. The number of amides is 1. The number of pyridine rings is 1. The van der Waals surface area contributed by atoms with Gasteiger partial charge < -0.3 is 10.1 Å². The number of ether oxygens (including phenoxy) is 1. The molecule has 3 aromatic rings. The highest BCUT2D eigenvalue weighted by molar-refractivity contribution is 7.20. The number of carbonyl (C=O) groups excluding carboxylic acids is 1. The third-order valence-corrected chi connectivity index (χ3v) is 5.59. The number of rotatable bonds is 4. The van der Waals surface area contributed by atoms with E-state index in [2.05, 4.69) is 15.3 Å². The molecule has 0 spiro atoms. The van der Waals surface area contributed by atoms with E-state index in [0.29, 0.717) is 10.9 Å². The molecule has 3 heterocycles. The van der Waals surface area contributed by atoms with E-state index in [0.717, 1.165) is 41.8 Å². The SMILES string of the molecule is O=C(NC(c1cccnc1)C1CCOCC1)c1nc2ccccc2s1. The van der Waals surface area contributed by atoms with Crippen LogP contribution in [0.2, 0.25) is 0 Å². The summed E-state index contributed by atoms with van der Waals surface area (Å²) in [6, 6.07) is 11.7. The molecular formula is C19H19N3O2S. The van der Waals surface area contributed by atoms with Gasteiger partial charge in [-0.1, -0.05) is 18.2 Å². The molecule has 128 valence electrons. The zero-order valence-corrected chi connectivity index (χ0v) is 14.5. The van der Waals surface area contributed by atoms with E-state index < -0.39 is 0 Å². The van der Waals surface area contributed by atoms with Crippen LogP contribution >= 0.6 is 11.3 Å². The molecule has 1 aliphatic rings. The number of hydrogen-bond acceptors (Lipinski definition) is 5. The van der Waals surface area contributed by atoms with Gasteiger partial charge in [0.05, 0.1) is 16.3 Å². The fourth-order valence-electron chi connectivity index (χ4n) is 3.25. The minimum Gasteiger partial charge on any atom is -0.381 e. The van der Waals surface area contributed by atoms with Crippen LogP contribution in [0.3, 0.4) is 0 Å². The Kier molecular flexibility index (Phi) is 4.72. The van der Waals surface area contributed by atoms with Crippen LogP contribution in [-0.4, -0.2) is 29.1 Å². The maximum absolute atomic E-state index is 12.8. The van der Waals surface area contributed by atoms with Crippen LogP contribution in [0.25, 0.3) is 10.2 Å². The minimum atomic E-state index is -0.124. The average Bonchev–Trinajstić information content (AvgIpc) is 3.12. The van der Waals surface area contributed by atoms with Crippen LogP contribution in [-0.2, 0) is 4.74 Å². The van der Waals surface area contributed by atoms with Crippen LogP contribution < -0.4 is 5.32 Å². The monoisotopic (exact) mass is 353 g/mol. The Hall–Kier alpha value is -2.31. The van der Waals surface area contributed by atoms with Gasteiger partial charge in [-0.2, -0.15) is 0 Å². The van der Waals surface area contributed by atoms with Gasteiger partial charge >= 0.3 is 0 Å². The summed E-state index contributed by atoms with van der Waals surface area (Å²) in [5.74, 6) is 0.220. The normalized spacial score (nSPS) is 16.6.